The van der Waals surface area contributed by atoms with Gasteiger partial charge in [-0.25, -0.2) is 4.98 Å². The van der Waals surface area contributed by atoms with Crippen LogP contribution in [0, 0.1) is 5.41 Å². The van der Waals surface area contributed by atoms with Crippen LogP contribution in [0.25, 0.3) is 11.0 Å². The lowest BCUT2D eigenvalue weighted by molar-refractivity contribution is 0.142. The molecule has 1 aliphatic carbocycles. The van der Waals surface area contributed by atoms with E-state index >= 15 is 0 Å². The first kappa shape index (κ1) is 11.5. The highest BCUT2D eigenvalue weighted by Gasteiger charge is 2.36. The Hall–Kier alpha value is -1.55. The van der Waals surface area contributed by atoms with Gasteiger partial charge in [-0.15, -0.1) is 0 Å². The Morgan fingerprint density at radius 2 is 2.28 bits per heavy atom. The monoisotopic (exact) mass is 245 g/mol. The van der Waals surface area contributed by atoms with Crippen LogP contribution < -0.4 is 10.5 Å². The van der Waals surface area contributed by atoms with Crippen molar-refractivity contribution in [2.75, 3.05) is 13.7 Å². The number of aromatic amines is 1. The third kappa shape index (κ3) is 1.86. The number of methoxy groups -OCH3 is 1. The third-order valence-electron chi connectivity index (χ3n) is 4.13. The maximum atomic E-state index is 5.89. The van der Waals surface area contributed by atoms with Crippen LogP contribution in [0.3, 0.4) is 0 Å². The summed E-state index contributed by atoms with van der Waals surface area (Å²) in [7, 11) is 1.68. The van der Waals surface area contributed by atoms with E-state index in [1.807, 2.05) is 18.2 Å². The van der Waals surface area contributed by atoms with E-state index in [0.717, 1.165) is 35.6 Å². The zero-order valence-electron chi connectivity index (χ0n) is 10.7. The topological polar surface area (TPSA) is 63.9 Å². The van der Waals surface area contributed by atoms with Gasteiger partial charge in [0.1, 0.15) is 11.6 Å². The van der Waals surface area contributed by atoms with Crippen molar-refractivity contribution >= 4 is 11.0 Å². The molecule has 1 aromatic heterocycles. The van der Waals surface area contributed by atoms with Gasteiger partial charge in [0.15, 0.2) is 0 Å². The van der Waals surface area contributed by atoms with E-state index < -0.39 is 0 Å². The van der Waals surface area contributed by atoms with E-state index in [1.165, 1.54) is 19.3 Å². The minimum atomic E-state index is 0.290. The van der Waals surface area contributed by atoms with Crippen LogP contribution in [0.4, 0.5) is 0 Å². The molecule has 18 heavy (non-hydrogen) atoms. The maximum absolute atomic E-state index is 5.89. The highest BCUT2D eigenvalue weighted by Crippen LogP contribution is 2.42. The summed E-state index contributed by atoms with van der Waals surface area (Å²) in [4.78, 5) is 8.02. The molecule has 3 rings (SSSR count). The van der Waals surface area contributed by atoms with Crippen molar-refractivity contribution < 1.29 is 4.74 Å². The molecule has 1 aromatic carbocycles. The Kier molecular flexibility index (Phi) is 2.74. The fourth-order valence-electron chi connectivity index (χ4n) is 2.74. The molecule has 1 fully saturated rings. The van der Waals surface area contributed by atoms with Crippen LogP contribution in [0.2, 0.25) is 0 Å². The van der Waals surface area contributed by atoms with Crippen LogP contribution in [-0.4, -0.2) is 23.6 Å². The molecule has 0 unspecified atom stereocenters. The number of H-pyrrole nitrogens is 1. The van der Waals surface area contributed by atoms with Crippen LogP contribution >= 0.6 is 0 Å². The average Bonchev–Trinajstić information content (AvgIpc) is 2.74. The second-order valence-corrected chi connectivity index (χ2v) is 5.30. The van der Waals surface area contributed by atoms with Gasteiger partial charge in [-0.05, 0) is 36.9 Å². The molecular formula is C14H19N3O. The quantitative estimate of drug-likeness (QED) is 0.868. The Balaban J connectivity index is 1.88. The van der Waals surface area contributed by atoms with Crippen molar-refractivity contribution in [3.05, 3.63) is 24.0 Å². The van der Waals surface area contributed by atoms with E-state index in [0.29, 0.717) is 0 Å². The van der Waals surface area contributed by atoms with Gasteiger partial charge in [0, 0.05) is 12.5 Å². The highest BCUT2D eigenvalue weighted by atomic mass is 16.5. The van der Waals surface area contributed by atoms with Crippen molar-refractivity contribution in [3.8, 4) is 5.75 Å². The third-order valence-corrected chi connectivity index (χ3v) is 4.13. The lowest BCUT2D eigenvalue weighted by atomic mass is 9.66. The molecule has 3 N–H and O–H groups in total. The molecule has 1 aliphatic rings. The molecule has 0 radical (unpaired) electrons. The fraction of sp³-hybridized carbons (Fsp3) is 0.500. The summed E-state index contributed by atoms with van der Waals surface area (Å²) in [5, 5.41) is 0. The first-order valence-electron chi connectivity index (χ1n) is 6.47. The Labute approximate surface area is 107 Å². The van der Waals surface area contributed by atoms with E-state index in [1.54, 1.807) is 7.11 Å². The molecular weight excluding hydrogens is 226 g/mol. The number of nitrogens with one attached hydrogen (secondary N) is 1. The number of nitrogens with zero attached hydrogens (tertiary/aromatic N) is 1. The number of rotatable bonds is 4. The van der Waals surface area contributed by atoms with Crippen molar-refractivity contribution in [2.45, 2.75) is 25.7 Å². The number of nitrogens with two attached hydrogens (primary N) is 1. The SMILES string of the molecule is COc1ccc2nc(CC3(CN)CCC3)[nH]c2c1. The normalized spacial score (nSPS) is 17.7. The molecule has 0 atom stereocenters. The molecule has 1 heterocycles. The lowest BCUT2D eigenvalue weighted by Crippen LogP contribution is -2.39. The molecule has 96 valence electrons. The van der Waals surface area contributed by atoms with Gasteiger partial charge in [-0.3, -0.25) is 0 Å². The molecule has 2 aromatic rings. The van der Waals surface area contributed by atoms with Gasteiger partial charge < -0.3 is 15.5 Å². The zero-order chi connectivity index (χ0) is 12.6. The second-order valence-electron chi connectivity index (χ2n) is 5.30. The summed E-state index contributed by atoms with van der Waals surface area (Å²) in [5.41, 5.74) is 8.22. The van der Waals surface area contributed by atoms with Crippen LogP contribution in [0.5, 0.6) is 5.75 Å². The smallest absolute Gasteiger partial charge is 0.121 e. The molecule has 1 saturated carbocycles. The van der Waals surface area contributed by atoms with Crippen LogP contribution in [-0.2, 0) is 6.42 Å². The number of hydrogen-bond acceptors (Lipinski definition) is 3. The maximum Gasteiger partial charge on any atom is 0.121 e. The van der Waals surface area contributed by atoms with Crippen molar-refractivity contribution in [1.82, 2.24) is 9.97 Å². The van der Waals surface area contributed by atoms with Crippen molar-refractivity contribution in [3.63, 3.8) is 0 Å². The summed E-state index contributed by atoms with van der Waals surface area (Å²) >= 11 is 0. The summed E-state index contributed by atoms with van der Waals surface area (Å²) in [6, 6.07) is 5.92. The molecule has 0 amide bonds. The number of imidazole rings is 1. The van der Waals surface area contributed by atoms with E-state index in [-0.39, 0.29) is 5.41 Å². The van der Waals surface area contributed by atoms with Gasteiger partial charge in [-0.2, -0.15) is 0 Å². The lowest BCUT2D eigenvalue weighted by Gasteiger charge is -2.40. The van der Waals surface area contributed by atoms with Crippen LogP contribution in [0.15, 0.2) is 18.2 Å². The van der Waals surface area contributed by atoms with E-state index in [2.05, 4.69) is 9.97 Å². The first-order valence-corrected chi connectivity index (χ1v) is 6.47. The van der Waals surface area contributed by atoms with Crippen LogP contribution in [0.1, 0.15) is 25.1 Å². The summed E-state index contributed by atoms with van der Waals surface area (Å²) < 4.78 is 5.22. The molecule has 4 heteroatoms. The van der Waals surface area contributed by atoms with Crippen molar-refractivity contribution in [2.24, 2.45) is 11.1 Å². The summed E-state index contributed by atoms with van der Waals surface area (Å²) in [6.07, 6.45) is 4.71. The number of benzene rings is 1. The number of ether oxygens (including phenoxy) is 1. The molecule has 0 aliphatic heterocycles. The summed E-state index contributed by atoms with van der Waals surface area (Å²) in [5.74, 6) is 1.90. The second kappa shape index (κ2) is 4.28. The fourth-order valence-corrected chi connectivity index (χ4v) is 2.74. The minimum Gasteiger partial charge on any atom is -0.497 e. The summed E-state index contributed by atoms with van der Waals surface area (Å²) in [6.45, 7) is 0.757. The van der Waals surface area contributed by atoms with Gasteiger partial charge >= 0.3 is 0 Å². The Morgan fingerprint density at radius 3 is 2.89 bits per heavy atom. The van der Waals surface area contributed by atoms with Crippen molar-refractivity contribution in [1.29, 1.82) is 0 Å². The van der Waals surface area contributed by atoms with Gasteiger partial charge in [0.05, 0.1) is 18.1 Å². The molecule has 4 nitrogen and oxygen atoms in total. The predicted molar refractivity (Wildman–Crippen MR) is 71.7 cm³/mol. The first-order chi connectivity index (χ1) is 8.74. The van der Waals surface area contributed by atoms with Gasteiger partial charge in [0.2, 0.25) is 0 Å². The van der Waals surface area contributed by atoms with Gasteiger partial charge in [-0.1, -0.05) is 6.42 Å². The Bertz CT molecular complexity index is 552. The van der Waals surface area contributed by atoms with Gasteiger partial charge in [0.25, 0.3) is 0 Å². The minimum absolute atomic E-state index is 0.290. The van der Waals surface area contributed by atoms with E-state index in [4.69, 9.17) is 10.5 Å². The zero-order valence-corrected chi connectivity index (χ0v) is 10.7. The largest absolute Gasteiger partial charge is 0.497 e. The molecule has 0 spiro atoms. The predicted octanol–water partition coefficient (Wildman–Crippen LogP) is 2.24. The number of aromatic nitrogens is 2. The Morgan fingerprint density at radius 1 is 1.44 bits per heavy atom. The van der Waals surface area contributed by atoms with E-state index in [9.17, 15) is 0 Å². The molecule has 0 bridgehead atoms. The number of fused-ring (bicyclic) bond motifs is 1. The number of hydrogen-bond donors (Lipinski definition) is 2. The average molecular weight is 245 g/mol. The standard InChI is InChI=1S/C14H19N3O/c1-18-10-3-4-11-12(7-10)17-13(16-11)8-14(9-15)5-2-6-14/h3-4,7H,2,5-6,8-9,15H2,1H3,(H,16,17). The highest BCUT2D eigenvalue weighted by molar-refractivity contribution is 5.76. The molecule has 0 saturated heterocycles.